The molecule has 0 unspecified atom stereocenters. The van der Waals surface area contributed by atoms with Gasteiger partial charge in [-0.3, -0.25) is 4.99 Å². The van der Waals surface area contributed by atoms with E-state index in [1.165, 1.54) is 12.8 Å². The third kappa shape index (κ3) is 5.58. The minimum absolute atomic E-state index is 0.270. The van der Waals surface area contributed by atoms with Gasteiger partial charge in [0.25, 0.3) is 0 Å². The van der Waals surface area contributed by atoms with Crippen molar-refractivity contribution in [2.24, 2.45) is 4.99 Å². The average Bonchev–Trinajstić information content (AvgIpc) is 2.58. The summed E-state index contributed by atoms with van der Waals surface area (Å²) in [6.45, 7) is 2.91. The van der Waals surface area contributed by atoms with Crippen molar-refractivity contribution in [2.45, 2.75) is 26.2 Å². The molecule has 4 heteroatoms. The van der Waals surface area contributed by atoms with E-state index in [4.69, 9.17) is 9.84 Å². The molecule has 0 saturated heterocycles. The van der Waals surface area contributed by atoms with Crippen LogP contribution < -0.4 is 4.74 Å². The van der Waals surface area contributed by atoms with Gasteiger partial charge >= 0.3 is 5.97 Å². The maximum atomic E-state index is 10.8. The fourth-order valence-electron chi connectivity index (χ4n) is 2.03. The molecule has 0 aromatic heterocycles. The smallest absolute Gasteiger partial charge is 0.335 e. The molecule has 0 aliphatic heterocycles. The monoisotopic (exact) mass is 311 g/mol. The average molecular weight is 311 g/mol. The summed E-state index contributed by atoms with van der Waals surface area (Å²) in [4.78, 5) is 15.2. The molecule has 0 bridgehead atoms. The molecule has 0 atom stereocenters. The third-order valence-electron chi connectivity index (χ3n) is 3.37. The van der Waals surface area contributed by atoms with Crippen molar-refractivity contribution in [1.82, 2.24) is 0 Å². The van der Waals surface area contributed by atoms with Crippen molar-refractivity contribution in [3.63, 3.8) is 0 Å². The van der Waals surface area contributed by atoms with E-state index in [2.05, 4.69) is 11.9 Å². The highest BCUT2D eigenvalue weighted by Gasteiger charge is 2.00. The molecule has 0 saturated carbocycles. The summed E-state index contributed by atoms with van der Waals surface area (Å²) in [5.74, 6) is -0.0751. The summed E-state index contributed by atoms with van der Waals surface area (Å²) in [7, 11) is 0. The number of carboxylic acids is 1. The fourth-order valence-corrected chi connectivity index (χ4v) is 2.03. The van der Waals surface area contributed by atoms with E-state index in [1.54, 1.807) is 30.5 Å². The second-order valence-electron chi connectivity index (χ2n) is 5.23. The van der Waals surface area contributed by atoms with E-state index >= 15 is 0 Å². The number of carboxylic acid groups (broad SMARTS) is 1. The van der Waals surface area contributed by atoms with Gasteiger partial charge < -0.3 is 9.84 Å². The predicted molar refractivity (Wildman–Crippen MR) is 92.1 cm³/mol. The summed E-state index contributed by atoms with van der Waals surface area (Å²) in [6, 6.07) is 14.2. The van der Waals surface area contributed by atoms with Gasteiger partial charge in [0, 0.05) is 6.21 Å². The molecular weight excluding hydrogens is 290 g/mol. The second kappa shape index (κ2) is 8.73. The molecule has 2 aromatic rings. The topological polar surface area (TPSA) is 58.9 Å². The van der Waals surface area contributed by atoms with Gasteiger partial charge in [0.15, 0.2) is 0 Å². The van der Waals surface area contributed by atoms with Crippen LogP contribution in [0.25, 0.3) is 0 Å². The third-order valence-corrected chi connectivity index (χ3v) is 3.37. The molecule has 0 fully saturated rings. The lowest BCUT2D eigenvalue weighted by molar-refractivity contribution is 0.0697. The van der Waals surface area contributed by atoms with Crippen LogP contribution in [0.3, 0.4) is 0 Å². The minimum atomic E-state index is -0.928. The van der Waals surface area contributed by atoms with Crippen molar-refractivity contribution in [3.8, 4) is 5.75 Å². The van der Waals surface area contributed by atoms with Crippen molar-refractivity contribution in [2.75, 3.05) is 6.61 Å². The van der Waals surface area contributed by atoms with Crippen LogP contribution in [0.5, 0.6) is 5.75 Å². The molecular formula is C19H21NO3. The van der Waals surface area contributed by atoms with Crippen molar-refractivity contribution in [3.05, 3.63) is 59.7 Å². The number of hydrogen-bond acceptors (Lipinski definition) is 3. The number of hydrogen-bond donors (Lipinski definition) is 1. The second-order valence-corrected chi connectivity index (χ2v) is 5.23. The van der Waals surface area contributed by atoms with Gasteiger partial charge in [-0.2, -0.15) is 0 Å². The first kappa shape index (κ1) is 16.7. The van der Waals surface area contributed by atoms with Crippen molar-refractivity contribution < 1.29 is 14.6 Å². The zero-order chi connectivity index (χ0) is 16.5. The summed E-state index contributed by atoms with van der Waals surface area (Å²) in [5, 5.41) is 8.86. The van der Waals surface area contributed by atoms with Crippen molar-refractivity contribution in [1.29, 1.82) is 0 Å². The number of nitrogens with zero attached hydrogens (tertiary/aromatic N) is 1. The van der Waals surface area contributed by atoms with Crippen molar-refractivity contribution >= 4 is 17.9 Å². The Hall–Kier alpha value is -2.62. The first-order valence-corrected chi connectivity index (χ1v) is 7.79. The lowest BCUT2D eigenvalue weighted by Crippen LogP contribution is -1.96. The standard InChI is InChI=1S/C19H21NO3/c1-2-3-4-13-23-18-11-9-17(10-12-18)20-14-15-5-7-16(8-6-15)19(21)22/h5-12,14H,2-4,13H2,1H3,(H,21,22)/b20-14+. The van der Waals surface area contributed by atoms with Crippen LogP contribution in [0.1, 0.15) is 42.1 Å². The lowest BCUT2D eigenvalue weighted by Gasteiger charge is -2.05. The van der Waals surface area contributed by atoms with Crippen LogP contribution >= 0.6 is 0 Å². The van der Waals surface area contributed by atoms with E-state index in [0.29, 0.717) is 0 Å². The normalized spacial score (nSPS) is 10.8. The SMILES string of the molecule is CCCCCOc1ccc(/N=C/c2ccc(C(=O)O)cc2)cc1. The molecule has 2 rings (SSSR count). The Labute approximate surface area is 136 Å². The first-order chi connectivity index (χ1) is 11.2. The number of aromatic carboxylic acids is 1. The number of unbranched alkanes of at least 4 members (excludes halogenated alkanes) is 2. The molecule has 120 valence electrons. The summed E-state index contributed by atoms with van der Waals surface area (Å²) >= 11 is 0. The van der Waals surface area contributed by atoms with Crippen LogP contribution in [0.2, 0.25) is 0 Å². The lowest BCUT2D eigenvalue weighted by atomic mass is 10.1. The van der Waals surface area contributed by atoms with E-state index in [-0.39, 0.29) is 5.56 Å². The Balaban J connectivity index is 1.90. The van der Waals surface area contributed by atoms with Gasteiger partial charge in [0.05, 0.1) is 17.9 Å². The molecule has 2 aromatic carbocycles. The Bertz CT molecular complexity index is 645. The van der Waals surface area contributed by atoms with Gasteiger partial charge in [-0.1, -0.05) is 31.9 Å². The number of rotatable bonds is 8. The Morgan fingerprint density at radius 2 is 1.78 bits per heavy atom. The van der Waals surface area contributed by atoms with Crippen LogP contribution in [-0.4, -0.2) is 23.9 Å². The minimum Gasteiger partial charge on any atom is -0.494 e. The van der Waals surface area contributed by atoms with Gasteiger partial charge in [-0.15, -0.1) is 0 Å². The van der Waals surface area contributed by atoms with Crippen LogP contribution in [0, 0.1) is 0 Å². The Morgan fingerprint density at radius 1 is 1.09 bits per heavy atom. The quantitative estimate of drug-likeness (QED) is 0.567. The Kier molecular flexibility index (Phi) is 6.36. The van der Waals surface area contributed by atoms with Gasteiger partial charge in [0.2, 0.25) is 0 Å². The molecule has 1 N–H and O–H groups in total. The summed E-state index contributed by atoms with van der Waals surface area (Å²) < 4.78 is 5.65. The molecule has 4 nitrogen and oxygen atoms in total. The van der Waals surface area contributed by atoms with Gasteiger partial charge in [0.1, 0.15) is 5.75 Å². The van der Waals surface area contributed by atoms with E-state index in [0.717, 1.165) is 30.0 Å². The predicted octanol–water partition coefficient (Wildman–Crippen LogP) is 4.70. The fraction of sp³-hybridized carbons (Fsp3) is 0.263. The molecule has 0 aliphatic carbocycles. The van der Waals surface area contributed by atoms with Gasteiger partial charge in [-0.05, 0) is 48.4 Å². The highest BCUT2D eigenvalue weighted by atomic mass is 16.5. The van der Waals surface area contributed by atoms with E-state index < -0.39 is 5.97 Å². The number of aliphatic imine (C=N–C) groups is 1. The number of carbonyl (C=O) groups is 1. The largest absolute Gasteiger partial charge is 0.494 e. The highest BCUT2D eigenvalue weighted by Crippen LogP contribution is 2.18. The van der Waals surface area contributed by atoms with Crippen LogP contribution in [0.15, 0.2) is 53.5 Å². The van der Waals surface area contributed by atoms with E-state index in [9.17, 15) is 4.79 Å². The zero-order valence-corrected chi connectivity index (χ0v) is 13.2. The number of ether oxygens (including phenoxy) is 1. The van der Waals surface area contributed by atoms with E-state index in [1.807, 2.05) is 24.3 Å². The Morgan fingerprint density at radius 3 is 2.39 bits per heavy atom. The number of benzene rings is 2. The molecule has 0 spiro atoms. The molecule has 0 heterocycles. The molecule has 23 heavy (non-hydrogen) atoms. The molecule has 0 amide bonds. The highest BCUT2D eigenvalue weighted by molar-refractivity contribution is 5.89. The van der Waals surface area contributed by atoms with Crippen LogP contribution in [-0.2, 0) is 0 Å². The molecule has 0 radical (unpaired) electrons. The van der Waals surface area contributed by atoms with Gasteiger partial charge in [-0.25, -0.2) is 4.79 Å². The maximum absolute atomic E-state index is 10.8. The molecule has 0 aliphatic rings. The summed E-state index contributed by atoms with van der Waals surface area (Å²) in [6.07, 6.45) is 5.15. The van der Waals surface area contributed by atoms with Crippen LogP contribution in [0.4, 0.5) is 5.69 Å². The maximum Gasteiger partial charge on any atom is 0.335 e. The first-order valence-electron chi connectivity index (χ1n) is 7.79. The zero-order valence-electron chi connectivity index (χ0n) is 13.2. The summed E-state index contributed by atoms with van der Waals surface area (Å²) in [5.41, 5.74) is 1.95.